The largest absolute Gasteiger partial charge is 0.398 e. The van der Waals surface area contributed by atoms with Gasteiger partial charge in [0.25, 0.3) is 5.91 Å². The third-order valence-corrected chi connectivity index (χ3v) is 3.11. The third-order valence-electron chi connectivity index (χ3n) is 2.65. The molecule has 0 aliphatic rings. The third kappa shape index (κ3) is 3.22. The molecule has 1 aromatic carbocycles. The molecule has 6 heteroatoms. The number of nitrogens with one attached hydrogen (secondary N) is 1. The highest BCUT2D eigenvalue weighted by molar-refractivity contribution is 9.10. The van der Waals surface area contributed by atoms with Crippen LogP contribution in [0.4, 0.5) is 5.69 Å². The second-order valence-corrected chi connectivity index (χ2v) is 4.92. The molecule has 18 heavy (non-hydrogen) atoms. The van der Waals surface area contributed by atoms with Gasteiger partial charge in [-0.25, -0.2) is 0 Å². The second-order valence-electron chi connectivity index (χ2n) is 4.00. The van der Waals surface area contributed by atoms with Crippen molar-refractivity contribution in [1.29, 1.82) is 0 Å². The van der Waals surface area contributed by atoms with Gasteiger partial charge in [-0.3, -0.25) is 9.59 Å². The summed E-state index contributed by atoms with van der Waals surface area (Å²) in [7, 11) is 3.11. The first-order chi connectivity index (χ1) is 8.36. The zero-order valence-electron chi connectivity index (χ0n) is 10.6. The van der Waals surface area contributed by atoms with E-state index in [9.17, 15) is 9.59 Å². The van der Waals surface area contributed by atoms with Gasteiger partial charge in [0.2, 0.25) is 5.91 Å². The van der Waals surface area contributed by atoms with Crippen LogP contribution in [-0.4, -0.2) is 37.4 Å². The summed E-state index contributed by atoms with van der Waals surface area (Å²) in [4.78, 5) is 24.8. The molecular formula is C12H16BrN3O2. The van der Waals surface area contributed by atoms with Crippen molar-refractivity contribution in [3.63, 3.8) is 0 Å². The van der Waals surface area contributed by atoms with Gasteiger partial charge >= 0.3 is 0 Å². The first kappa shape index (κ1) is 14.5. The highest BCUT2D eigenvalue weighted by Gasteiger charge is 2.18. The van der Waals surface area contributed by atoms with Crippen molar-refractivity contribution in [2.24, 2.45) is 0 Å². The van der Waals surface area contributed by atoms with E-state index in [1.165, 1.54) is 11.9 Å². The molecule has 0 spiro atoms. The summed E-state index contributed by atoms with van der Waals surface area (Å²) in [6.07, 6.45) is 0. The molecule has 0 aromatic heterocycles. The fourth-order valence-electron chi connectivity index (χ4n) is 1.49. The standard InChI is InChI=1S/C12H16BrN3O2/c1-7-9(4-8(13)5-10(7)14)12(18)16(3)6-11(17)15-2/h4-5H,6,14H2,1-3H3,(H,15,17). The summed E-state index contributed by atoms with van der Waals surface area (Å²) in [6, 6.07) is 3.44. The van der Waals surface area contributed by atoms with Gasteiger partial charge in [0.1, 0.15) is 0 Å². The highest BCUT2D eigenvalue weighted by Crippen LogP contribution is 2.23. The Balaban J connectivity index is 3.00. The molecule has 98 valence electrons. The van der Waals surface area contributed by atoms with E-state index in [2.05, 4.69) is 21.2 Å². The molecule has 0 aliphatic heterocycles. The molecule has 5 nitrogen and oxygen atoms in total. The summed E-state index contributed by atoms with van der Waals surface area (Å²) < 4.78 is 0.738. The number of halogens is 1. The topological polar surface area (TPSA) is 75.4 Å². The Kier molecular flexibility index (Phi) is 4.72. The van der Waals surface area contributed by atoms with Gasteiger partial charge in [0, 0.05) is 29.8 Å². The SMILES string of the molecule is CNC(=O)CN(C)C(=O)c1cc(Br)cc(N)c1C. The minimum atomic E-state index is -0.232. The first-order valence-corrected chi connectivity index (χ1v) is 6.17. The maximum Gasteiger partial charge on any atom is 0.254 e. The number of hydrogen-bond donors (Lipinski definition) is 2. The van der Waals surface area contributed by atoms with Crippen LogP contribution in [0.2, 0.25) is 0 Å². The van der Waals surface area contributed by atoms with Crippen LogP contribution >= 0.6 is 15.9 Å². The zero-order valence-corrected chi connectivity index (χ0v) is 12.2. The normalized spacial score (nSPS) is 10.0. The number of rotatable bonds is 3. The van der Waals surface area contributed by atoms with Gasteiger partial charge in [-0.05, 0) is 24.6 Å². The fraction of sp³-hybridized carbons (Fsp3) is 0.333. The molecule has 1 rings (SSSR count). The lowest BCUT2D eigenvalue weighted by atomic mass is 10.1. The molecule has 0 atom stereocenters. The lowest BCUT2D eigenvalue weighted by molar-refractivity contribution is -0.121. The molecule has 0 radical (unpaired) electrons. The van der Waals surface area contributed by atoms with Crippen LogP contribution in [0.1, 0.15) is 15.9 Å². The van der Waals surface area contributed by atoms with E-state index in [1.807, 2.05) is 0 Å². The molecule has 0 unspecified atom stereocenters. The van der Waals surface area contributed by atoms with Crippen molar-refractivity contribution in [3.05, 3.63) is 27.7 Å². The molecule has 3 N–H and O–H groups in total. The molecule has 0 saturated heterocycles. The van der Waals surface area contributed by atoms with Crippen LogP contribution in [-0.2, 0) is 4.79 Å². The molecule has 0 bridgehead atoms. The average molecular weight is 314 g/mol. The Bertz CT molecular complexity index is 488. The van der Waals surface area contributed by atoms with Crippen molar-refractivity contribution in [1.82, 2.24) is 10.2 Å². The quantitative estimate of drug-likeness (QED) is 0.822. The summed E-state index contributed by atoms with van der Waals surface area (Å²) in [5.41, 5.74) is 7.56. The van der Waals surface area contributed by atoms with Gasteiger partial charge < -0.3 is 16.0 Å². The Labute approximate surface area is 114 Å². The molecule has 0 saturated carbocycles. The Morgan fingerprint density at radius 3 is 2.61 bits per heavy atom. The van der Waals surface area contributed by atoms with Gasteiger partial charge in [-0.2, -0.15) is 0 Å². The number of carbonyl (C=O) groups excluding carboxylic acids is 2. The van der Waals surface area contributed by atoms with Crippen molar-refractivity contribution in [2.45, 2.75) is 6.92 Å². The number of amides is 2. The summed E-state index contributed by atoms with van der Waals surface area (Å²) in [5, 5.41) is 2.47. The van der Waals surface area contributed by atoms with Crippen LogP contribution in [0.15, 0.2) is 16.6 Å². The monoisotopic (exact) mass is 313 g/mol. The van der Waals surface area contributed by atoms with E-state index >= 15 is 0 Å². The Morgan fingerprint density at radius 1 is 1.44 bits per heavy atom. The van der Waals surface area contributed by atoms with E-state index in [4.69, 9.17) is 5.73 Å². The molecule has 0 aliphatic carbocycles. The van der Waals surface area contributed by atoms with Crippen molar-refractivity contribution in [3.8, 4) is 0 Å². The Morgan fingerprint density at radius 2 is 2.06 bits per heavy atom. The number of benzene rings is 1. The van der Waals surface area contributed by atoms with E-state index < -0.39 is 0 Å². The van der Waals surface area contributed by atoms with E-state index in [0.717, 1.165) is 4.47 Å². The summed E-state index contributed by atoms with van der Waals surface area (Å²) in [5.74, 6) is -0.449. The van der Waals surface area contributed by atoms with Gasteiger partial charge in [-0.1, -0.05) is 15.9 Å². The highest BCUT2D eigenvalue weighted by atomic mass is 79.9. The number of nitrogen functional groups attached to an aromatic ring is 1. The number of carbonyl (C=O) groups is 2. The lowest BCUT2D eigenvalue weighted by Crippen LogP contribution is -2.37. The molecule has 0 fully saturated rings. The van der Waals surface area contributed by atoms with Gasteiger partial charge in [-0.15, -0.1) is 0 Å². The lowest BCUT2D eigenvalue weighted by Gasteiger charge is -2.18. The predicted molar refractivity (Wildman–Crippen MR) is 74.3 cm³/mol. The second kappa shape index (κ2) is 5.86. The van der Waals surface area contributed by atoms with Gasteiger partial charge in [0.15, 0.2) is 0 Å². The molecule has 1 aromatic rings. The van der Waals surface area contributed by atoms with E-state index in [0.29, 0.717) is 16.8 Å². The van der Waals surface area contributed by atoms with Crippen LogP contribution in [0.5, 0.6) is 0 Å². The van der Waals surface area contributed by atoms with Gasteiger partial charge in [0.05, 0.1) is 6.54 Å². The first-order valence-electron chi connectivity index (χ1n) is 5.38. The maximum atomic E-state index is 12.2. The zero-order chi connectivity index (χ0) is 13.9. The van der Waals surface area contributed by atoms with Crippen LogP contribution in [0.3, 0.4) is 0 Å². The van der Waals surface area contributed by atoms with E-state index in [1.54, 1.807) is 26.1 Å². The van der Waals surface area contributed by atoms with Crippen LogP contribution in [0, 0.1) is 6.92 Å². The minimum Gasteiger partial charge on any atom is -0.398 e. The fourth-order valence-corrected chi connectivity index (χ4v) is 1.97. The van der Waals surface area contributed by atoms with Crippen molar-refractivity contribution in [2.75, 3.05) is 26.4 Å². The number of likely N-dealkylation sites (N-methyl/N-ethyl adjacent to an activating group) is 2. The number of anilines is 1. The van der Waals surface area contributed by atoms with Crippen molar-refractivity contribution < 1.29 is 9.59 Å². The maximum absolute atomic E-state index is 12.2. The average Bonchev–Trinajstić information content (AvgIpc) is 2.32. The summed E-state index contributed by atoms with van der Waals surface area (Å²) >= 11 is 3.30. The Hall–Kier alpha value is -1.56. The minimum absolute atomic E-state index is 0.0151. The predicted octanol–water partition coefficient (Wildman–Crippen LogP) is 1.16. The van der Waals surface area contributed by atoms with Crippen LogP contribution in [0.25, 0.3) is 0 Å². The molecular weight excluding hydrogens is 298 g/mol. The number of hydrogen-bond acceptors (Lipinski definition) is 3. The van der Waals surface area contributed by atoms with E-state index in [-0.39, 0.29) is 18.4 Å². The molecule has 0 heterocycles. The van der Waals surface area contributed by atoms with Crippen LogP contribution < -0.4 is 11.1 Å². The van der Waals surface area contributed by atoms with Crippen molar-refractivity contribution >= 4 is 33.4 Å². The number of nitrogens with two attached hydrogens (primary N) is 1. The smallest absolute Gasteiger partial charge is 0.254 e. The molecule has 2 amide bonds. The summed E-state index contributed by atoms with van der Waals surface area (Å²) in [6.45, 7) is 1.80. The number of nitrogens with zero attached hydrogens (tertiary/aromatic N) is 1.